The molecular formula is C13H19N3O2. The van der Waals surface area contributed by atoms with E-state index in [1.807, 2.05) is 17.9 Å². The van der Waals surface area contributed by atoms with Gasteiger partial charge in [0.25, 0.3) is 0 Å². The lowest BCUT2D eigenvalue weighted by atomic mass is 10.0. The van der Waals surface area contributed by atoms with Crippen LogP contribution < -0.4 is 5.32 Å². The van der Waals surface area contributed by atoms with Crippen LogP contribution in [0.2, 0.25) is 0 Å². The Labute approximate surface area is 107 Å². The van der Waals surface area contributed by atoms with Crippen LogP contribution in [-0.4, -0.2) is 34.6 Å². The summed E-state index contributed by atoms with van der Waals surface area (Å²) in [4.78, 5) is 14.2. The molecule has 1 aromatic heterocycles. The SMILES string of the molecule is Cc1cc(CN2CCCC(NC3CC3)C2=O)on1. The van der Waals surface area contributed by atoms with Crippen molar-refractivity contribution in [2.24, 2.45) is 0 Å². The summed E-state index contributed by atoms with van der Waals surface area (Å²) >= 11 is 0. The maximum atomic E-state index is 12.3. The molecule has 2 aliphatic rings. The highest BCUT2D eigenvalue weighted by molar-refractivity contribution is 5.82. The number of piperidine rings is 1. The molecule has 3 rings (SSSR count). The van der Waals surface area contributed by atoms with Gasteiger partial charge in [-0.1, -0.05) is 5.16 Å². The highest BCUT2D eigenvalue weighted by atomic mass is 16.5. The van der Waals surface area contributed by atoms with Crippen LogP contribution in [0.15, 0.2) is 10.6 Å². The van der Waals surface area contributed by atoms with E-state index < -0.39 is 0 Å². The molecule has 1 unspecified atom stereocenters. The number of aryl methyl sites for hydroxylation is 1. The monoisotopic (exact) mass is 249 g/mol. The van der Waals surface area contributed by atoms with E-state index in [-0.39, 0.29) is 11.9 Å². The molecule has 98 valence electrons. The topological polar surface area (TPSA) is 58.4 Å². The van der Waals surface area contributed by atoms with Crippen LogP contribution in [0.4, 0.5) is 0 Å². The van der Waals surface area contributed by atoms with Crippen molar-refractivity contribution in [3.05, 3.63) is 17.5 Å². The second-order valence-electron chi connectivity index (χ2n) is 5.33. The molecule has 2 fully saturated rings. The molecule has 1 saturated heterocycles. The summed E-state index contributed by atoms with van der Waals surface area (Å²) in [5, 5.41) is 7.28. The first-order valence-corrected chi connectivity index (χ1v) is 6.69. The number of carbonyl (C=O) groups excluding carboxylic acids is 1. The third-order valence-corrected chi connectivity index (χ3v) is 3.57. The predicted molar refractivity (Wildman–Crippen MR) is 65.8 cm³/mol. The molecular weight excluding hydrogens is 230 g/mol. The Morgan fingerprint density at radius 1 is 1.50 bits per heavy atom. The number of amides is 1. The summed E-state index contributed by atoms with van der Waals surface area (Å²) in [6, 6.07) is 2.48. The van der Waals surface area contributed by atoms with Gasteiger partial charge in [0.1, 0.15) is 0 Å². The number of carbonyl (C=O) groups is 1. The fourth-order valence-electron chi connectivity index (χ4n) is 2.47. The second-order valence-corrected chi connectivity index (χ2v) is 5.33. The van der Waals surface area contributed by atoms with E-state index in [4.69, 9.17) is 4.52 Å². The van der Waals surface area contributed by atoms with E-state index >= 15 is 0 Å². The van der Waals surface area contributed by atoms with Crippen LogP contribution in [0.5, 0.6) is 0 Å². The summed E-state index contributed by atoms with van der Waals surface area (Å²) < 4.78 is 5.18. The van der Waals surface area contributed by atoms with Crippen LogP contribution in [-0.2, 0) is 11.3 Å². The van der Waals surface area contributed by atoms with Crippen LogP contribution in [0.1, 0.15) is 37.1 Å². The Kier molecular flexibility index (Phi) is 3.07. The molecule has 1 aromatic rings. The molecule has 18 heavy (non-hydrogen) atoms. The molecule has 1 N–H and O–H groups in total. The van der Waals surface area contributed by atoms with Crippen molar-refractivity contribution in [1.82, 2.24) is 15.4 Å². The zero-order chi connectivity index (χ0) is 12.5. The van der Waals surface area contributed by atoms with Gasteiger partial charge in [-0.25, -0.2) is 0 Å². The summed E-state index contributed by atoms with van der Waals surface area (Å²) in [5.41, 5.74) is 0.863. The summed E-state index contributed by atoms with van der Waals surface area (Å²) in [7, 11) is 0. The van der Waals surface area contributed by atoms with E-state index in [1.54, 1.807) is 0 Å². The lowest BCUT2D eigenvalue weighted by Gasteiger charge is -2.32. The minimum Gasteiger partial charge on any atom is -0.359 e. The average Bonchev–Trinajstić information content (AvgIpc) is 3.07. The van der Waals surface area contributed by atoms with Gasteiger partial charge in [-0.2, -0.15) is 0 Å². The lowest BCUT2D eigenvalue weighted by Crippen LogP contribution is -2.50. The van der Waals surface area contributed by atoms with Crippen molar-refractivity contribution in [2.75, 3.05) is 6.54 Å². The van der Waals surface area contributed by atoms with Gasteiger partial charge in [-0.15, -0.1) is 0 Å². The molecule has 1 saturated carbocycles. The van der Waals surface area contributed by atoms with Crippen LogP contribution in [0, 0.1) is 6.92 Å². The number of hydrogen-bond donors (Lipinski definition) is 1. The van der Waals surface area contributed by atoms with E-state index in [0.29, 0.717) is 12.6 Å². The summed E-state index contributed by atoms with van der Waals surface area (Å²) in [6.45, 7) is 3.26. The first kappa shape index (κ1) is 11.7. The highest BCUT2D eigenvalue weighted by Gasteiger charge is 2.33. The minimum absolute atomic E-state index is 0.00951. The van der Waals surface area contributed by atoms with Gasteiger partial charge < -0.3 is 14.7 Å². The zero-order valence-corrected chi connectivity index (χ0v) is 10.7. The van der Waals surface area contributed by atoms with Crippen molar-refractivity contribution in [1.29, 1.82) is 0 Å². The molecule has 0 radical (unpaired) electrons. The molecule has 1 atom stereocenters. The van der Waals surface area contributed by atoms with Gasteiger partial charge in [0.15, 0.2) is 5.76 Å². The standard InChI is InChI=1S/C13H19N3O2/c1-9-7-11(18-15-9)8-16-6-2-3-12(13(16)17)14-10-4-5-10/h7,10,12,14H,2-6,8H2,1H3. The Bertz CT molecular complexity index is 439. The van der Waals surface area contributed by atoms with Crippen LogP contribution >= 0.6 is 0 Å². The van der Waals surface area contributed by atoms with Gasteiger partial charge in [-0.05, 0) is 32.6 Å². The molecule has 5 nitrogen and oxygen atoms in total. The minimum atomic E-state index is 0.00951. The summed E-state index contributed by atoms with van der Waals surface area (Å²) in [6.07, 6.45) is 4.45. The fourth-order valence-corrected chi connectivity index (χ4v) is 2.47. The molecule has 0 bridgehead atoms. The Balaban J connectivity index is 1.62. The molecule has 0 spiro atoms. The average molecular weight is 249 g/mol. The molecule has 1 aliphatic carbocycles. The van der Waals surface area contributed by atoms with E-state index in [9.17, 15) is 4.79 Å². The van der Waals surface area contributed by atoms with Gasteiger partial charge in [0.05, 0.1) is 18.3 Å². The third-order valence-electron chi connectivity index (χ3n) is 3.57. The van der Waals surface area contributed by atoms with Crippen molar-refractivity contribution in [3.63, 3.8) is 0 Å². The largest absolute Gasteiger partial charge is 0.359 e. The van der Waals surface area contributed by atoms with E-state index in [2.05, 4.69) is 10.5 Å². The van der Waals surface area contributed by atoms with E-state index in [1.165, 1.54) is 12.8 Å². The normalized spacial score (nSPS) is 24.6. The van der Waals surface area contributed by atoms with Gasteiger partial charge in [0, 0.05) is 18.7 Å². The van der Waals surface area contributed by atoms with Crippen molar-refractivity contribution in [2.45, 2.75) is 51.2 Å². The van der Waals surface area contributed by atoms with Gasteiger partial charge in [0.2, 0.25) is 5.91 Å². The fraction of sp³-hybridized carbons (Fsp3) is 0.692. The molecule has 2 heterocycles. The van der Waals surface area contributed by atoms with Crippen molar-refractivity contribution >= 4 is 5.91 Å². The summed E-state index contributed by atoms with van der Waals surface area (Å²) in [5.74, 6) is 0.982. The first-order chi connectivity index (χ1) is 8.72. The molecule has 5 heteroatoms. The van der Waals surface area contributed by atoms with Gasteiger partial charge in [-0.3, -0.25) is 4.79 Å². The highest BCUT2D eigenvalue weighted by Crippen LogP contribution is 2.23. The zero-order valence-electron chi connectivity index (χ0n) is 10.7. The Morgan fingerprint density at radius 2 is 2.33 bits per heavy atom. The van der Waals surface area contributed by atoms with Gasteiger partial charge >= 0.3 is 0 Å². The first-order valence-electron chi connectivity index (χ1n) is 6.69. The lowest BCUT2D eigenvalue weighted by molar-refractivity contribution is -0.137. The Morgan fingerprint density at radius 3 is 3.00 bits per heavy atom. The number of likely N-dealkylation sites (tertiary alicyclic amines) is 1. The maximum Gasteiger partial charge on any atom is 0.240 e. The number of nitrogens with one attached hydrogen (secondary N) is 1. The van der Waals surface area contributed by atoms with Crippen LogP contribution in [0.3, 0.4) is 0 Å². The molecule has 1 aliphatic heterocycles. The maximum absolute atomic E-state index is 12.3. The molecule has 0 aromatic carbocycles. The van der Waals surface area contributed by atoms with E-state index in [0.717, 1.165) is 30.8 Å². The number of nitrogens with zero attached hydrogens (tertiary/aromatic N) is 2. The van der Waals surface area contributed by atoms with Crippen LogP contribution in [0.25, 0.3) is 0 Å². The second kappa shape index (κ2) is 4.72. The smallest absolute Gasteiger partial charge is 0.240 e. The number of aromatic nitrogens is 1. The number of rotatable bonds is 4. The predicted octanol–water partition coefficient (Wildman–Crippen LogP) is 1.23. The van der Waals surface area contributed by atoms with Crippen molar-refractivity contribution < 1.29 is 9.32 Å². The number of hydrogen-bond acceptors (Lipinski definition) is 4. The Hall–Kier alpha value is -1.36. The quantitative estimate of drug-likeness (QED) is 0.872. The molecule has 1 amide bonds. The third kappa shape index (κ3) is 2.56. The van der Waals surface area contributed by atoms with Crippen molar-refractivity contribution in [3.8, 4) is 0 Å².